The molecule has 0 saturated carbocycles. The lowest BCUT2D eigenvalue weighted by atomic mass is 10.3. The van der Waals surface area contributed by atoms with Crippen LogP contribution in [0, 0.1) is 0 Å². The number of methoxy groups -OCH3 is 1. The average Bonchev–Trinajstić information content (AvgIpc) is 2.17. The van der Waals surface area contributed by atoms with Crippen LogP contribution < -0.4 is 5.32 Å². The summed E-state index contributed by atoms with van der Waals surface area (Å²) in [4.78, 5) is 0.279. The molecule has 1 heterocycles. The number of rotatable bonds is 1. The molecule has 0 amide bonds. The van der Waals surface area contributed by atoms with Crippen LogP contribution in [-0.2, 0) is 14.6 Å². The molecule has 0 atom stereocenters. The van der Waals surface area contributed by atoms with Gasteiger partial charge in [-0.15, -0.1) is 0 Å². The Morgan fingerprint density at radius 1 is 1.29 bits per heavy atom. The van der Waals surface area contributed by atoms with Gasteiger partial charge in [-0.25, -0.2) is 8.42 Å². The van der Waals surface area contributed by atoms with Crippen molar-refractivity contribution in [3.63, 3.8) is 0 Å². The van der Waals surface area contributed by atoms with Gasteiger partial charge in [-0.05, 0) is 12.1 Å². The molecular formula is C9H9NO3S. The lowest BCUT2D eigenvalue weighted by molar-refractivity contribution is 0.297. The first kappa shape index (κ1) is 9.08. The maximum Gasteiger partial charge on any atom is 0.207 e. The Morgan fingerprint density at radius 2 is 2.00 bits per heavy atom. The summed E-state index contributed by atoms with van der Waals surface area (Å²) in [6.07, 6.45) is 0. The summed E-state index contributed by atoms with van der Waals surface area (Å²) in [7, 11) is -1.93. The summed E-state index contributed by atoms with van der Waals surface area (Å²) in [6.45, 7) is 0. The van der Waals surface area contributed by atoms with Gasteiger partial charge in [0.25, 0.3) is 0 Å². The molecule has 1 aliphatic rings. The third-order valence-electron chi connectivity index (χ3n) is 1.93. The summed E-state index contributed by atoms with van der Waals surface area (Å²) >= 11 is 0. The van der Waals surface area contributed by atoms with Crippen LogP contribution in [0.5, 0.6) is 0 Å². The number of fused-ring (bicyclic) bond motifs is 1. The highest BCUT2D eigenvalue weighted by Gasteiger charge is 2.22. The van der Waals surface area contributed by atoms with E-state index in [-0.39, 0.29) is 10.8 Å². The molecule has 1 aliphatic heterocycles. The SMILES string of the molecule is COC1=CS(=O)(=O)c2ccccc2N1. The normalized spacial score (nSPS) is 17.6. The maximum atomic E-state index is 11.6. The van der Waals surface area contributed by atoms with Gasteiger partial charge in [0.05, 0.1) is 23.1 Å². The average molecular weight is 211 g/mol. The summed E-state index contributed by atoms with van der Waals surface area (Å²) in [5.41, 5.74) is 0.548. The fourth-order valence-electron chi connectivity index (χ4n) is 1.28. The number of nitrogens with one attached hydrogen (secondary N) is 1. The lowest BCUT2D eigenvalue weighted by Gasteiger charge is -2.17. The van der Waals surface area contributed by atoms with Crippen molar-refractivity contribution in [1.29, 1.82) is 0 Å². The molecule has 0 radical (unpaired) electrons. The van der Waals surface area contributed by atoms with Gasteiger partial charge in [-0.1, -0.05) is 12.1 Å². The van der Waals surface area contributed by atoms with Gasteiger partial charge in [0.2, 0.25) is 15.7 Å². The van der Waals surface area contributed by atoms with Gasteiger partial charge in [0.15, 0.2) is 0 Å². The van der Waals surface area contributed by atoms with Crippen molar-refractivity contribution in [2.45, 2.75) is 4.90 Å². The fraction of sp³-hybridized carbons (Fsp3) is 0.111. The van der Waals surface area contributed by atoms with Crippen molar-refractivity contribution in [3.8, 4) is 0 Å². The van der Waals surface area contributed by atoms with E-state index in [1.54, 1.807) is 24.3 Å². The Kier molecular flexibility index (Phi) is 1.96. The number of sulfone groups is 1. The number of hydrogen-bond acceptors (Lipinski definition) is 4. The number of anilines is 1. The minimum atomic E-state index is -3.35. The van der Waals surface area contributed by atoms with Crippen LogP contribution in [0.25, 0.3) is 0 Å². The molecule has 0 saturated heterocycles. The first-order valence-corrected chi connectivity index (χ1v) is 5.55. The number of ether oxygens (including phenoxy) is 1. The van der Waals surface area contributed by atoms with Crippen molar-refractivity contribution in [2.24, 2.45) is 0 Å². The number of hydrogen-bond donors (Lipinski definition) is 1. The highest BCUT2D eigenvalue weighted by atomic mass is 32.2. The highest BCUT2D eigenvalue weighted by molar-refractivity contribution is 7.94. The third-order valence-corrected chi connectivity index (χ3v) is 3.43. The van der Waals surface area contributed by atoms with Crippen molar-refractivity contribution in [1.82, 2.24) is 0 Å². The van der Waals surface area contributed by atoms with Gasteiger partial charge in [-0.2, -0.15) is 0 Å². The molecule has 1 N–H and O–H groups in total. The first-order valence-electron chi connectivity index (χ1n) is 4.00. The van der Waals surface area contributed by atoms with E-state index in [0.717, 1.165) is 5.41 Å². The van der Waals surface area contributed by atoms with E-state index < -0.39 is 9.84 Å². The Hall–Kier alpha value is -1.49. The zero-order valence-corrected chi connectivity index (χ0v) is 8.34. The zero-order valence-electron chi connectivity index (χ0n) is 7.52. The third kappa shape index (κ3) is 1.35. The van der Waals surface area contributed by atoms with Crippen LogP contribution in [0.3, 0.4) is 0 Å². The van der Waals surface area contributed by atoms with Crippen LogP contribution in [0.2, 0.25) is 0 Å². The molecular weight excluding hydrogens is 202 g/mol. The van der Waals surface area contributed by atoms with E-state index >= 15 is 0 Å². The van der Waals surface area contributed by atoms with E-state index in [2.05, 4.69) is 5.32 Å². The maximum absolute atomic E-state index is 11.6. The number of para-hydroxylation sites is 1. The van der Waals surface area contributed by atoms with Crippen LogP contribution >= 0.6 is 0 Å². The molecule has 5 heteroatoms. The summed E-state index contributed by atoms with van der Waals surface area (Å²) < 4.78 is 28.1. The molecule has 0 aliphatic carbocycles. The van der Waals surface area contributed by atoms with Crippen molar-refractivity contribution in [2.75, 3.05) is 12.4 Å². The molecule has 0 fully saturated rings. The Balaban J connectivity index is 2.63. The molecule has 1 aromatic rings. The molecule has 14 heavy (non-hydrogen) atoms. The number of benzene rings is 1. The van der Waals surface area contributed by atoms with Crippen LogP contribution in [0.1, 0.15) is 0 Å². The van der Waals surface area contributed by atoms with E-state index in [1.165, 1.54) is 7.11 Å². The lowest BCUT2D eigenvalue weighted by Crippen LogP contribution is -2.14. The van der Waals surface area contributed by atoms with Crippen LogP contribution in [0.4, 0.5) is 5.69 Å². The van der Waals surface area contributed by atoms with Gasteiger partial charge in [-0.3, -0.25) is 0 Å². The van der Waals surface area contributed by atoms with Gasteiger partial charge >= 0.3 is 0 Å². The molecule has 0 aromatic heterocycles. The minimum absolute atomic E-state index is 0.240. The predicted molar refractivity (Wildman–Crippen MR) is 52.3 cm³/mol. The van der Waals surface area contributed by atoms with Crippen LogP contribution in [0.15, 0.2) is 40.5 Å². The van der Waals surface area contributed by atoms with E-state index in [9.17, 15) is 8.42 Å². The van der Waals surface area contributed by atoms with Crippen molar-refractivity contribution < 1.29 is 13.2 Å². The summed E-state index contributed by atoms with van der Waals surface area (Å²) in [5.74, 6) is 0.240. The molecule has 2 rings (SSSR count). The van der Waals surface area contributed by atoms with E-state index in [4.69, 9.17) is 4.74 Å². The van der Waals surface area contributed by atoms with Crippen molar-refractivity contribution in [3.05, 3.63) is 35.6 Å². The first-order chi connectivity index (χ1) is 6.63. The molecule has 1 aromatic carbocycles. The largest absolute Gasteiger partial charge is 0.482 e. The Morgan fingerprint density at radius 3 is 2.71 bits per heavy atom. The van der Waals surface area contributed by atoms with E-state index in [0.29, 0.717) is 5.69 Å². The Bertz CT molecular complexity index is 491. The fourth-order valence-corrected chi connectivity index (χ4v) is 2.54. The second kappa shape index (κ2) is 3.02. The molecule has 74 valence electrons. The van der Waals surface area contributed by atoms with Crippen LogP contribution in [-0.4, -0.2) is 15.5 Å². The molecule has 4 nitrogen and oxygen atoms in total. The van der Waals surface area contributed by atoms with Gasteiger partial charge in [0, 0.05) is 0 Å². The van der Waals surface area contributed by atoms with Gasteiger partial charge < -0.3 is 10.1 Å². The van der Waals surface area contributed by atoms with Crippen molar-refractivity contribution >= 4 is 15.5 Å². The Labute approximate surface area is 82.1 Å². The molecule has 0 unspecified atom stereocenters. The van der Waals surface area contributed by atoms with Gasteiger partial charge in [0.1, 0.15) is 0 Å². The summed E-state index contributed by atoms with van der Waals surface area (Å²) in [5, 5.41) is 3.94. The second-order valence-corrected chi connectivity index (χ2v) is 4.62. The standard InChI is InChI=1S/C9H9NO3S/c1-13-9-6-14(11,12)8-5-3-2-4-7(8)10-9/h2-6,10H,1H3. The summed E-state index contributed by atoms with van der Waals surface area (Å²) in [6, 6.07) is 6.70. The molecule has 0 bridgehead atoms. The smallest absolute Gasteiger partial charge is 0.207 e. The quantitative estimate of drug-likeness (QED) is 0.761. The second-order valence-electron chi connectivity index (χ2n) is 2.85. The monoisotopic (exact) mass is 211 g/mol. The van der Waals surface area contributed by atoms with E-state index in [1.807, 2.05) is 0 Å². The predicted octanol–water partition coefficient (Wildman–Crippen LogP) is 1.33. The topological polar surface area (TPSA) is 55.4 Å². The molecule has 0 spiro atoms. The minimum Gasteiger partial charge on any atom is -0.482 e. The highest BCUT2D eigenvalue weighted by Crippen LogP contribution is 2.28. The zero-order chi connectivity index (χ0) is 10.2.